The van der Waals surface area contributed by atoms with Crippen molar-refractivity contribution in [1.29, 1.82) is 0 Å². The van der Waals surface area contributed by atoms with Gasteiger partial charge in [-0.25, -0.2) is 4.39 Å². The Hall–Kier alpha value is -2.44. The van der Waals surface area contributed by atoms with Gasteiger partial charge in [0.1, 0.15) is 5.82 Å². The quantitative estimate of drug-likeness (QED) is 0.721. The van der Waals surface area contributed by atoms with Crippen molar-refractivity contribution in [1.82, 2.24) is 0 Å². The number of benzene rings is 2. The molecule has 0 heterocycles. The maximum absolute atomic E-state index is 12.9. The second-order valence-corrected chi connectivity index (χ2v) is 6.76. The number of halogens is 2. The van der Waals surface area contributed by atoms with Gasteiger partial charge >= 0.3 is 0 Å². The molecule has 7 heteroatoms. The molecule has 2 aromatic rings. The van der Waals surface area contributed by atoms with Gasteiger partial charge in [-0.15, -0.1) is 0 Å². The molecule has 0 radical (unpaired) electrons. The zero-order valence-electron chi connectivity index (χ0n) is 15.0. The molecule has 1 unspecified atom stereocenters. The van der Waals surface area contributed by atoms with E-state index in [4.69, 9.17) is 11.6 Å². The van der Waals surface area contributed by atoms with Crippen molar-refractivity contribution in [2.45, 2.75) is 13.8 Å². The Morgan fingerprint density at radius 2 is 1.62 bits per heavy atom. The molecule has 0 bridgehead atoms. The van der Waals surface area contributed by atoms with E-state index in [1.165, 1.54) is 24.3 Å². The summed E-state index contributed by atoms with van der Waals surface area (Å²) in [6.45, 7) is 4.02. The second kappa shape index (κ2) is 8.78. The average Bonchev–Trinajstić information content (AvgIpc) is 2.52. The van der Waals surface area contributed by atoms with E-state index in [1.807, 2.05) is 19.9 Å². The van der Waals surface area contributed by atoms with Gasteiger partial charge in [-0.05, 0) is 55.3 Å². The first-order valence-corrected chi connectivity index (χ1v) is 8.55. The Balaban J connectivity index is 1.87. The highest BCUT2D eigenvalue weighted by atomic mass is 35.5. The molecule has 1 atom stereocenters. The van der Waals surface area contributed by atoms with Gasteiger partial charge in [-0.1, -0.05) is 17.7 Å². The molecule has 26 heavy (non-hydrogen) atoms. The minimum atomic E-state index is -0.368. The number of anilines is 2. The summed E-state index contributed by atoms with van der Waals surface area (Å²) in [6, 6.07) is 9.24. The Labute approximate surface area is 157 Å². The summed E-state index contributed by atoms with van der Waals surface area (Å²) in [5, 5.41) is 5.96. The number of quaternary nitrogens is 1. The van der Waals surface area contributed by atoms with Gasteiger partial charge in [0.15, 0.2) is 13.1 Å². The monoisotopic (exact) mass is 378 g/mol. The third kappa shape index (κ3) is 5.82. The zero-order chi connectivity index (χ0) is 19.3. The summed E-state index contributed by atoms with van der Waals surface area (Å²) in [5.74, 6) is -0.857. The molecule has 0 aromatic heterocycles. The van der Waals surface area contributed by atoms with Crippen LogP contribution < -0.4 is 15.5 Å². The van der Waals surface area contributed by atoms with Crippen LogP contribution >= 0.6 is 11.6 Å². The molecule has 2 amide bonds. The van der Waals surface area contributed by atoms with Crippen LogP contribution in [0.4, 0.5) is 15.8 Å². The van der Waals surface area contributed by atoms with Crippen LogP contribution in [0, 0.1) is 19.7 Å². The zero-order valence-corrected chi connectivity index (χ0v) is 15.7. The molecule has 0 aliphatic carbocycles. The minimum absolute atomic E-state index is 0.103. The molecule has 5 nitrogen and oxygen atoms in total. The number of carbonyl (C=O) groups excluding carboxylic acids is 2. The third-order valence-electron chi connectivity index (χ3n) is 3.75. The van der Waals surface area contributed by atoms with Gasteiger partial charge in [-0.3, -0.25) is 9.59 Å². The van der Waals surface area contributed by atoms with Gasteiger partial charge in [-0.2, -0.15) is 0 Å². The number of hydrogen-bond donors (Lipinski definition) is 3. The lowest BCUT2D eigenvalue weighted by Gasteiger charge is -2.15. The van der Waals surface area contributed by atoms with E-state index in [0.29, 0.717) is 21.3 Å². The summed E-state index contributed by atoms with van der Waals surface area (Å²) in [6.07, 6.45) is 0. The molecule has 0 spiro atoms. The molecular formula is C19H22ClFN3O2+. The van der Waals surface area contributed by atoms with Crippen molar-refractivity contribution in [3.05, 3.63) is 58.4 Å². The molecule has 138 valence electrons. The van der Waals surface area contributed by atoms with Crippen molar-refractivity contribution in [3.8, 4) is 0 Å². The number of rotatable bonds is 6. The van der Waals surface area contributed by atoms with E-state index in [-0.39, 0.29) is 30.7 Å². The van der Waals surface area contributed by atoms with Crippen molar-refractivity contribution >= 4 is 34.8 Å². The van der Waals surface area contributed by atoms with E-state index in [9.17, 15) is 14.0 Å². The van der Waals surface area contributed by atoms with Crippen molar-refractivity contribution in [2.24, 2.45) is 0 Å². The Kier molecular flexibility index (Phi) is 6.71. The summed E-state index contributed by atoms with van der Waals surface area (Å²) >= 11 is 6.19. The molecule has 0 fully saturated rings. The van der Waals surface area contributed by atoms with Crippen LogP contribution in [-0.4, -0.2) is 32.0 Å². The largest absolute Gasteiger partial charge is 0.322 e. The first-order valence-electron chi connectivity index (χ1n) is 8.18. The van der Waals surface area contributed by atoms with Gasteiger partial charge in [0.25, 0.3) is 11.8 Å². The first kappa shape index (κ1) is 19.9. The van der Waals surface area contributed by atoms with Crippen molar-refractivity contribution < 1.29 is 18.9 Å². The fourth-order valence-corrected chi connectivity index (χ4v) is 2.98. The minimum Gasteiger partial charge on any atom is -0.322 e. The van der Waals surface area contributed by atoms with Crippen LogP contribution in [0.2, 0.25) is 5.02 Å². The number of amides is 2. The van der Waals surface area contributed by atoms with Crippen LogP contribution in [-0.2, 0) is 9.59 Å². The van der Waals surface area contributed by atoms with E-state index < -0.39 is 0 Å². The molecule has 0 aliphatic heterocycles. The summed E-state index contributed by atoms with van der Waals surface area (Å²) < 4.78 is 12.9. The maximum Gasteiger partial charge on any atom is 0.279 e. The molecule has 3 N–H and O–H groups in total. The number of nitrogens with one attached hydrogen (secondary N) is 3. The molecule has 2 rings (SSSR count). The predicted octanol–water partition coefficient (Wildman–Crippen LogP) is 2.19. The lowest BCUT2D eigenvalue weighted by molar-refractivity contribution is -0.862. The number of hydrogen-bond acceptors (Lipinski definition) is 2. The Morgan fingerprint density at radius 1 is 1.04 bits per heavy atom. The van der Waals surface area contributed by atoms with E-state index in [1.54, 1.807) is 13.1 Å². The molecular weight excluding hydrogens is 357 g/mol. The molecule has 0 aliphatic rings. The summed E-state index contributed by atoms with van der Waals surface area (Å²) in [7, 11) is 1.74. The van der Waals surface area contributed by atoms with Crippen molar-refractivity contribution in [3.63, 3.8) is 0 Å². The van der Waals surface area contributed by atoms with Gasteiger partial charge in [0.2, 0.25) is 0 Å². The maximum atomic E-state index is 12.9. The fourth-order valence-electron chi connectivity index (χ4n) is 2.61. The smallest absolute Gasteiger partial charge is 0.279 e. The lowest BCUT2D eigenvalue weighted by Crippen LogP contribution is -3.11. The van der Waals surface area contributed by atoms with Crippen LogP contribution in [0.25, 0.3) is 0 Å². The SMILES string of the molecule is Cc1cc(C)c(NC(=O)C[NH+](C)CC(=O)Nc2ccc(F)cc2)c(Cl)c1. The van der Waals surface area contributed by atoms with Crippen LogP contribution in [0.5, 0.6) is 0 Å². The van der Waals surface area contributed by atoms with E-state index in [0.717, 1.165) is 11.1 Å². The number of carbonyl (C=O) groups is 2. The lowest BCUT2D eigenvalue weighted by atomic mass is 10.1. The van der Waals surface area contributed by atoms with E-state index >= 15 is 0 Å². The Morgan fingerprint density at radius 3 is 2.19 bits per heavy atom. The number of likely N-dealkylation sites (N-methyl/N-ethyl adjacent to an activating group) is 1. The summed E-state index contributed by atoms with van der Waals surface area (Å²) in [4.78, 5) is 25.0. The fraction of sp³-hybridized carbons (Fsp3) is 0.263. The highest BCUT2D eigenvalue weighted by Crippen LogP contribution is 2.27. The molecule has 0 saturated heterocycles. The summed E-state index contributed by atoms with van der Waals surface area (Å²) in [5.41, 5.74) is 3.00. The van der Waals surface area contributed by atoms with Crippen LogP contribution in [0.3, 0.4) is 0 Å². The van der Waals surface area contributed by atoms with Crippen LogP contribution in [0.15, 0.2) is 36.4 Å². The molecule has 0 saturated carbocycles. The predicted molar refractivity (Wildman–Crippen MR) is 101 cm³/mol. The van der Waals surface area contributed by atoms with Gasteiger partial charge in [0, 0.05) is 5.69 Å². The first-order chi connectivity index (χ1) is 12.2. The number of aryl methyl sites for hydroxylation is 2. The average molecular weight is 379 g/mol. The Bertz CT molecular complexity index is 786. The highest BCUT2D eigenvalue weighted by Gasteiger charge is 2.16. The van der Waals surface area contributed by atoms with Gasteiger partial charge < -0.3 is 15.5 Å². The second-order valence-electron chi connectivity index (χ2n) is 6.35. The van der Waals surface area contributed by atoms with Crippen LogP contribution in [0.1, 0.15) is 11.1 Å². The van der Waals surface area contributed by atoms with Gasteiger partial charge in [0.05, 0.1) is 17.8 Å². The molecule has 2 aromatic carbocycles. The topological polar surface area (TPSA) is 62.6 Å². The van der Waals surface area contributed by atoms with Crippen molar-refractivity contribution in [2.75, 3.05) is 30.8 Å². The van der Waals surface area contributed by atoms with E-state index in [2.05, 4.69) is 10.6 Å². The standard InChI is InChI=1S/C19H21ClFN3O2/c1-12-8-13(2)19(16(20)9-12)23-18(26)11-24(3)10-17(25)22-15-6-4-14(21)5-7-15/h4-9H,10-11H2,1-3H3,(H,22,25)(H,23,26)/p+1. The normalized spacial score (nSPS) is 11.7. The highest BCUT2D eigenvalue weighted by molar-refractivity contribution is 6.34. The third-order valence-corrected chi connectivity index (χ3v) is 4.05.